The van der Waals surface area contributed by atoms with Gasteiger partial charge in [0.05, 0.1) is 13.1 Å². The summed E-state index contributed by atoms with van der Waals surface area (Å²) in [5.74, 6) is 2.72. The van der Waals surface area contributed by atoms with Gasteiger partial charge in [-0.3, -0.25) is 4.79 Å². The third kappa shape index (κ3) is 6.71. The van der Waals surface area contributed by atoms with Crippen LogP contribution in [0.3, 0.4) is 0 Å². The molecule has 2 aromatic rings. The van der Waals surface area contributed by atoms with E-state index in [0.717, 1.165) is 24.6 Å². The van der Waals surface area contributed by atoms with E-state index in [1.807, 2.05) is 50.1 Å². The summed E-state index contributed by atoms with van der Waals surface area (Å²) >= 11 is 0. The summed E-state index contributed by atoms with van der Waals surface area (Å²) in [4.78, 5) is 14.2. The Hall–Kier alpha value is -1.89. The molecule has 22 heavy (non-hydrogen) atoms. The fourth-order valence-corrected chi connectivity index (χ4v) is 1.76. The highest BCUT2D eigenvalue weighted by Crippen LogP contribution is 2.08. The number of nitrogens with zero attached hydrogens (tertiary/aromatic N) is 2. The largest absolute Gasteiger partial charge is 0.462 e. The van der Waals surface area contributed by atoms with Crippen LogP contribution in [0.25, 0.3) is 0 Å². The van der Waals surface area contributed by atoms with Gasteiger partial charge in [-0.25, -0.2) is 0 Å². The SMILES string of the molecule is CN(C)Cc1ccc(C=O)o1.CN(C)Cc1ccc(CO)o1. The van der Waals surface area contributed by atoms with Crippen molar-refractivity contribution in [2.75, 3.05) is 28.2 Å². The highest BCUT2D eigenvalue weighted by molar-refractivity contribution is 5.70. The minimum Gasteiger partial charge on any atom is -0.462 e. The predicted octanol–water partition coefficient (Wildman–Crippen LogP) is 1.99. The summed E-state index contributed by atoms with van der Waals surface area (Å²) < 4.78 is 10.4. The number of aliphatic hydroxyl groups excluding tert-OH is 1. The van der Waals surface area contributed by atoms with Crippen LogP contribution >= 0.6 is 0 Å². The predicted molar refractivity (Wildman–Crippen MR) is 83.5 cm³/mol. The van der Waals surface area contributed by atoms with Crippen LogP contribution in [0.2, 0.25) is 0 Å². The fourth-order valence-electron chi connectivity index (χ4n) is 1.76. The number of hydrogen-bond acceptors (Lipinski definition) is 6. The van der Waals surface area contributed by atoms with E-state index in [0.29, 0.717) is 17.8 Å². The molecule has 0 bridgehead atoms. The summed E-state index contributed by atoms with van der Waals surface area (Å²) in [6.45, 7) is 1.49. The monoisotopic (exact) mass is 308 g/mol. The molecule has 6 heteroatoms. The Morgan fingerprint density at radius 1 is 0.909 bits per heavy atom. The van der Waals surface area contributed by atoms with E-state index >= 15 is 0 Å². The molecule has 6 nitrogen and oxygen atoms in total. The van der Waals surface area contributed by atoms with E-state index in [4.69, 9.17) is 13.9 Å². The summed E-state index contributed by atoms with van der Waals surface area (Å²) in [7, 11) is 7.84. The Bertz CT molecular complexity index is 558. The lowest BCUT2D eigenvalue weighted by molar-refractivity contribution is 0.109. The van der Waals surface area contributed by atoms with Gasteiger partial charge in [-0.2, -0.15) is 0 Å². The molecule has 0 atom stereocenters. The number of hydrogen-bond donors (Lipinski definition) is 1. The Morgan fingerprint density at radius 2 is 1.41 bits per heavy atom. The number of furan rings is 2. The molecule has 2 aromatic heterocycles. The van der Waals surface area contributed by atoms with Gasteiger partial charge >= 0.3 is 0 Å². The second-order valence-electron chi connectivity index (χ2n) is 5.42. The molecular weight excluding hydrogens is 284 g/mol. The molecule has 122 valence electrons. The van der Waals surface area contributed by atoms with E-state index < -0.39 is 0 Å². The molecule has 2 rings (SSSR count). The normalized spacial score (nSPS) is 10.7. The van der Waals surface area contributed by atoms with Crippen molar-refractivity contribution in [1.82, 2.24) is 9.80 Å². The van der Waals surface area contributed by atoms with Crippen molar-refractivity contribution in [3.05, 3.63) is 47.3 Å². The first-order valence-corrected chi connectivity index (χ1v) is 6.96. The van der Waals surface area contributed by atoms with E-state index in [-0.39, 0.29) is 6.61 Å². The van der Waals surface area contributed by atoms with Crippen LogP contribution in [0.15, 0.2) is 33.1 Å². The van der Waals surface area contributed by atoms with Gasteiger partial charge < -0.3 is 23.7 Å². The van der Waals surface area contributed by atoms with Crippen molar-refractivity contribution in [1.29, 1.82) is 0 Å². The van der Waals surface area contributed by atoms with Gasteiger partial charge in [0.1, 0.15) is 23.9 Å². The third-order valence-electron chi connectivity index (χ3n) is 2.62. The van der Waals surface area contributed by atoms with Gasteiger partial charge in [0.15, 0.2) is 12.0 Å². The van der Waals surface area contributed by atoms with Crippen molar-refractivity contribution in [3.8, 4) is 0 Å². The van der Waals surface area contributed by atoms with Gasteiger partial charge in [-0.15, -0.1) is 0 Å². The van der Waals surface area contributed by atoms with Gasteiger partial charge in [-0.05, 0) is 52.5 Å². The minimum atomic E-state index is -0.0204. The topological polar surface area (TPSA) is 70.1 Å². The van der Waals surface area contributed by atoms with Crippen LogP contribution in [0, 0.1) is 0 Å². The molecule has 0 amide bonds. The Kier molecular flexibility index (Phi) is 7.59. The van der Waals surface area contributed by atoms with E-state index in [1.165, 1.54) is 0 Å². The number of carbonyl (C=O) groups is 1. The smallest absolute Gasteiger partial charge is 0.185 e. The standard InChI is InChI=1S/C8H13NO2.C8H11NO2/c2*1-9(2)5-7-3-4-8(6-10)11-7/h3-4,10H,5-6H2,1-2H3;3-4,6H,5H2,1-2H3. The van der Waals surface area contributed by atoms with E-state index in [2.05, 4.69) is 0 Å². The average Bonchev–Trinajstić information content (AvgIpc) is 3.07. The first-order valence-electron chi connectivity index (χ1n) is 6.96. The summed E-state index contributed by atoms with van der Waals surface area (Å²) in [5.41, 5.74) is 0. The fraction of sp³-hybridized carbons (Fsp3) is 0.438. The lowest BCUT2D eigenvalue weighted by Crippen LogP contribution is -2.09. The molecule has 0 radical (unpaired) electrons. The van der Waals surface area contributed by atoms with Crippen LogP contribution in [0.5, 0.6) is 0 Å². The first-order chi connectivity index (χ1) is 10.4. The number of aldehydes is 1. The highest BCUT2D eigenvalue weighted by Gasteiger charge is 2.01. The summed E-state index contributed by atoms with van der Waals surface area (Å²) in [5, 5.41) is 8.68. The zero-order valence-corrected chi connectivity index (χ0v) is 13.6. The maximum Gasteiger partial charge on any atom is 0.185 e. The van der Waals surface area contributed by atoms with Gasteiger partial charge in [0, 0.05) is 0 Å². The average molecular weight is 308 g/mol. The van der Waals surface area contributed by atoms with Crippen molar-refractivity contribution in [3.63, 3.8) is 0 Å². The van der Waals surface area contributed by atoms with Crippen molar-refractivity contribution in [2.24, 2.45) is 0 Å². The second-order valence-corrected chi connectivity index (χ2v) is 5.42. The number of rotatable bonds is 6. The zero-order chi connectivity index (χ0) is 16.5. The third-order valence-corrected chi connectivity index (χ3v) is 2.62. The molecule has 1 N–H and O–H groups in total. The molecule has 0 aliphatic carbocycles. The van der Waals surface area contributed by atoms with Crippen LogP contribution in [0.1, 0.15) is 27.8 Å². The van der Waals surface area contributed by atoms with Crippen molar-refractivity contribution in [2.45, 2.75) is 19.7 Å². The lowest BCUT2D eigenvalue weighted by Gasteiger charge is -2.05. The highest BCUT2D eigenvalue weighted by atomic mass is 16.4. The molecule has 0 aliphatic heterocycles. The molecule has 0 aliphatic rings. The quantitative estimate of drug-likeness (QED) is 0.823. The maximum absolute atomic E-state index is 10.2. The number of aliphatic hydroxyl groups is 1. The zero-order valence-electron chi connectivity index (χ0n) is 13.6. The van der Waals surface area contributed by atoms with Crippen LogP contribution < -0.4 is 0 Å². The van der Waals surface area contributed by atoms with Gasteiger partial charge in [0.2, 0.25) is 0 Å². The Morgan fingerprint density at radius 3 is 1.82 bits per heavy atom. The molecular formula is C16H24N2O4. The van der Waals surface area contributed by atoms with Crippen molar-refractivity contribution >= 4 is 6.29 Å². The summed E-state index contributed by atoms with van der Waals surface area (Å²) in [6.07, 6.45) is 0.707. The van der Waals surface area contributed by atoms with Gasteiger partial charge in [-0.1, -0.05) is 0 Å². The Balaban J connectivity index is 0.000000220. The maximum atomic E-state index is 10.2. The minimum absolute atomic E-state index is 0.0204. The molecule has 0 aromatic carbocycles. The molecule has 0 fully saturated rings. The molecule has 0 unspecified atom stereocenters. The summed E-state index contributed by atoms with van der Waals surface area (Å²) in [6, 6.07) is 7.15. The lowest BCUT2D eigenvalue weighted by atomic mass is 10.4. The molecule has 2 heterocycles. The molecule has 0 saturated carbocycles. The van der Waals surface area contributed by atoms with Crippen LogP contribution in [-0.2, 0) is 19.7 Å². The number of carbonyl (C=O) groups excluding carboxylic acids is 1. The first kappa shape index (κ1) is 18.2. The van der Waals surface area contributed by atoms with E-state index in [1.54, 1.807) is 12.1 Å². The van der Waals surface area contributed by atoms with Crippen molar-refractivity contribution < 1.29 is 18.7 Å². The Labute approximate surface area is 130 Å². The van der Waals surface area contributed by atoms with Crippen LogP contribution in [-0.4, -0.2) is 49.4 Å². The molecule has 0 saturated heterocycles. The second kappa shape index (κ2) is 9.19. The molecule has 0 spiro atoms. The van der Waals surface area contributed by atoms with Gasteiger partial charge in [0.25, 0.3) is 0 Å². The van der Waals surface area contributed by atoms with E-state index in [9.17, 15) is 4.79 Å². The van der Waals surface area contributed by atoms with Crippen LogP contribution in [0.4, 0.5) is 0 Å².